The van der Waals surface area contributed by atoms with Crippen molar-refractivity contribution in [1.82, 2.24) is 0 Å². The van der Waals surface area contributed by atoms with Gasteiger partial charge in [-0.15, -0.1) is 0 Å². The lowest BCUT2D eigenvalue weighted by Crippen LogP contribution is -1.73. The van der Waals surface area contributed by atoms with E-state index in [-0.39, 0.29) is 12.1 Å². The van der Waals surface area contributed by atoms with E-state index < -0.39 is 0 Å². The van der Waals surface area contributed by atoms with E-state index in [0.717, 1.165) is 5.39 Å². The summed E-state index contributed by atoms with van der Waals surface area (Å²) in [6.45, 7) is 1.72. The summed E-state index contributed by atoms with van der Waals surface area (Å²) in [7, 11) is 0. The van der Waals surface area contributed by atoms with E-state index >= 15 is 0 Å². The Bertz CT molecular complexity index is 457. The molecule has 0 atom stereocenters. The first-order chi connectivity index (χ1) is 6.63. The fourth-order valence-electron chi connectivity index (χ4n) is 1.10. The van der Waals surface area contributed by atoms with Crippen molar-refractivity contribution in [3.8, 4) is 0 Å². The van der Waals surface area contributed by atoms with Gasteiger partial charge in [-0.25, -0.2) is 0 Å². The molecular formula is C11H10. The van der Waals surface area contributed by atoms with Crippen molar-refractivity contribution >= 4 is 10.8 Å². The van der Waals surface area contributed by atoms with Gasteiger partial charge in [0, 0.05) is 0 Å². The van der Waals surface area contributed by atoms with Crippen molar-refractivity contribution in [3.05, 3.63) is 48.0 Å². The summed E-state index contributed by atoms with van der Waals surface area (Å²) in [6.07, 6.45) is 0. The van der Waals surface area contributed by atoms with Gasteiger partial charge in [-0.3, -0.25) is 0 Å². The first-order valence-corrected chi connectivity index (χ1v) is 3.58. The lowest BCUT2D eigenvalue weighted by Gasteiger charge is -1.96. The van der Waals surface area contributed by atoms with Gasteiger partial charge in [-0.2, -0.15) is 0 Å². The standard InChI is InChI=1S/C11H10/c1-9-6-7-10-4-2-3-5-11(10)8-9/h2-8H,1H3/i6D,7D,8D. The van der Waals surface area contributed by atoms with E-state index in [1.807, 2.05) is 18.2 Å². The molecule has 0 radical (unpaired) electrons. The predicted octanol–water partition coefficient (Wildman–Crippen LogP) is 3.15. The maximum Gasteiger partial charge on any atom is 0.0632 e. The van der Waals surface area contributed by atoms with Crippen LogP contribution < -0.4 is 0 Å². The minimum atomic E-state index is 0.161. The molecule has 0 saturated heterocycles. The van der Waals surface area contributed by atoms with Crippen molar-refractivity contribution in [3.63, 3.8) is 0 Å². The normalized spacial score (nSPS) is 14.1. The summed E-state index contributed by atoms with van der Waals surface area (Å²) in [4.78, 5) is 0. The zero-order chi connectivity index (χ0) is 10.3. The average Bonchev–Trinajstić information content (AvgIpc) is 2.23. The molecule has 0 aliphatic rings. The molecule has 0 aliphatic carbocycles. The number of hydrogen-bond donors (Lipinski definition) is 0. The molecule has 0 unspecified atom stereocenters. The van der Waals surface area contributed by atoms with Crippen LogP contribution in [0, 0.1) is 6.92 Å². The van der Waals surface area contributed by atoms with Crippen molar-refractivity contribution in [1.29, 1.82) is 0 Å². The van der Waals surface area contributed by atoms with Crippen LogP contribution in [0.4, 0.5) is 0 Å². The third-order valence-corrected chi connectivity index (χ3v) is 1.63. The second-order valence-corrected chi connectivity index (χ2v) is 2.55. The van der Waals surface area contributed by atoms with Crippen molar-refractivity contribution in [2.45, 2.75) is 6.92 Å². The number of fused-ring (bicyclic) bond motifs is 1. The van der Waals surface area contributed by atoms with Crippen LogP contribution in [0.15, 0.2) is 42.4 Å². The molecule has 0 aromatic heterocycles. The summed E-state index contributed by atoms with van der Waals surface area (Å²) in [5, 5.41) is 1.44. The Balaban J connectivity index is 3.02. The Kier molecular flexibility index (Phi) is 0.849. The van der Waals surface area contributed by atoms with E-state index in [9.17, 15) is 0 Å². The lowest BCUT2D eigenvalue weighted by atomic mass is 10.1. The Morgan fingerprint density at radius 1 is 1.09 bits per heavy atom. The predicted molar refractivity (Wildman–Crippen MR) is 48.7 cm³/mol. The minimum absolute atomic E-state index is 0.161. The van der Waals surface area contributed by atoms with E-state index in [0.29, 0.717) is 17.0 Å². The van der Waals surface area contributed by atoms with Gasteiger partial charge in [0.05, 0.1) is 4.11 Å². The third kappa shape index (κ3) is 1.12. The van der Waals surface area contributed by atoms with Crippen LogP contribution in [0.3, 0.4) is 0 Å². The Morgan fingerprint density at radius 2 is 1.82 bits per heavy atom. The molecule has 0 nitrogen and oxygen atoms in total. The lowest BCUT2D eigenvalue weighted by molar-refractivity contribution is 1.51. The largest absolute Gasteiger partial charge is 0.0632 e. The molecule has 2 aromatic carbocycles. The molecule has 0 aliphatic heterocycles. The first kappa shape index (κ1) is 3.91. The Morgan fingerprint density at radius 3 is 2.64 bits per heavy atom. The van der Waals surface area contributed by atoms with E-state index in [2.05, 4.69) is 0 Å². The quantitative estimate of drug-likeness (QED) is 0.534. The van der Waals surface area contributed by atoms with Crippen molar-refractivity contribution < 1.29 is 4.11 Å². The zero-order valence-electron chi connectivity index (χ0n) is 9.31. The molecule has 0 heterocycles. The van der Waals surface area contributed by atoms with Crippen LogP contribution in [-0.4, -0.2) is 0 Å². The maximum atomic E-state index is 7.82. The van der Waals surface area contributed by atoms with E-state index in [4.69, 9.17) is 4.11 Å². The summed E-state index contributed by atoms with van der Waals surface area (Å²) < 4.78 is 23.2. The maximum absolute atomic E-state index is 7.82. The molecule has 0 heteroatoms. The van der Waals surface area contributed by atoms with Gasteiger partial charge in [-0.05, 0) is 17.7 Å². The van der Waals surface area contributed by atoms with E-state index in [1.54, 1.807) is 13.0 Å². The molecule has 0 amide bonds. The van der Waals surface area contributed by atoms with Crippen LogP contribution in [0.1, 0.15) is 9.68 Å². The van der Waals surface area contributed by atoms with Gasteiger partial charge in [0.15, 0.2) is 0 Å². The molecule has 0 fully saturated rings. The van der Waals surface area contributed by atoms with Gasteiger partial charge in [0.2, 0.25) is 0 Å². The molecule has 0 saturated carbocycles. The molecule has 2 aromatic rings. The molecule has 2 rings (SSSR count). The van der Waals surface area contributed by atoms with Gasteiger partial charge in [-0.1, -0.05) is 48.0 Å². The molecule has 0 bridgehead atoms. The van der Waals surface area contributed by atoms with Gasteiger partial charge in [0.25, 0.3) is 0 Å². The number of rotatable bonds is 0. The second-order valence-electron chi connectivity index (χ2n) is 2.55. The van der Waals surface area contributed by atoms with Gasteiger partial charge >= 0.3 is 0 Å². The molecule has 54 valence electrons. The Hall–Kier alpha value is -1.30. The fraction of sp³-hybridized carbons (Fsp3) is 0.0909. The minimum Gasteiger partial charge on any atom is -0.0616 e. The SMILES string of the molecule is [2H]c1c(C)c([2H])c2ccccc2c1[2H]. The second kappa shape index (κ2) is 2.39. The highest BCUT2D eigenvalue weighted by Gasteiger charge is 1.89. The van der Waals surface area contributed by atoms with Gasteiger partial charge in [0.1, 0.15) is 0 Å². The van der Waals surface area contributed by atoms with Crippen LogP contribution in [0.5, 0.6) is 0 Å². The summed E-state index contributed by atoms with van der Waals surface area (Å²) in [5.74, 6) is 0. The monoisotopic (exact) mass is 145 g/mol. The first-order valence-electron chi connectivity index (χ1n) is 5.08. The van der Waals surface area contributed by atoms with E-state index in [1.165, 1.54) is 0 Å². The van der Waals surface area contributed by atoms with Crippen LogP contribution in [-0.2, 0) is 0 Å². The van der Waals surface area contributed by atoms with Crippen LogP contribution in [0.2, 0.25) is 0 Å². The molecule has 11 heavy (non-hydrogen) atoms. The Labute approximate surface area is 70.7 Å². The molecular weight excluding hydrogens is 132 g/mol. The highest BCUT2D eigenvalue weighted by atomic mass is 13.9. The average molecular weight is 145 g/mol. The third-order valence-electron chi connectivity index (χ3n) is 1.63. The van der Waals surface area contributed by atoms with Crippen LogP contribution in [0.25, 0.3) is 10.8 Å². The van der Waals surface area contributed by atoms with Crippen molar-refractivity contribution in [2.75, 3.05) is 0 Å². The van der Waals surface area contributed by atoms with Crippen molar-refractivity contribution in [2.24, 2.45) is 0 Å². The summed E-state index contributed by atoms with van der Waals surface area (Å²) >= 11 is 0. The molecule has 0 N–H and O–H groups in total. The van der Waals surface area contributed by atoms with Gasteiger partial charge < -0.3 is 0 Å². The molecule has 0 spiro atoms. The highest BCUT2D eigenvalue weighted by molar-refractivity contribution is 5.82. The highest BCUT2D eigenvalue weighted by Crippen LogP contribution is 2.14. The summed E-state index contributed by atoms with van der Waals surface area (Å²) in [6, 6.07) is 8.02. The zero-order valence-corrected chi connectivity index (χ0v) is 6.31. The summed E-state index contributed by atoms with van der Waals surface area (Å²) in [5.41, 5.74) is 0.578. The van der Waals surface area contributed by atoms with Crippen LogP contribution >= 0.6 is 0 Å². The topological polar surface area (TPSA) is 0 Å². The fourth-order valence-corrected chi connectivity index (χ4v) is 1.10. The number of hydrogen-bond acceptors (Lipinski definition) is 0. The number of benzene rings is 2. The smallest absolute Gasteiger partial charge is 0.0616 e.